The zero-order valence-corrected chi connectivity index (χ0v) is 8.53. The lowest BCUT2D eigenvalue weighted by Gasteiger charge is -2.20. The zero-order chi connectivity index (χ0) is 10.8. The summed E-state index contributed by atoms with van der Waals surface area (Å²) in [6.45, 7) is 2.01. The number of benzene rings is 1. The van der Waals surface area contributed by atoms with Gasteiger partial charge in [0.2, 0.25) is 5.91 Å². The first-order valence-corrected chi connectivity index (χ1v) is 4.85. The molecule has 15 heavy (non-hydrogen) atoms. The van der Waals surface area contributed by atoms with Crippen LogP contribution in [0, 0.1) is 6.92 Å². The molecule has 1 atom stereocenters. The lowest BCUT2D eigenvalue weighted by Crippen LogP contribution is -2.41. The molecule has 1 unspecified atom stereocenters. The van der Waals surface area contributed by atoms with Crippen LogP contribution in [0.15, 0.2) is 29.3 Å². The summed E-state index contributed by atoms with van der Waals surface area (Å²) in [6, 6.07) is 7.76. The SMILES string of the molecule is Cc1ccccc1C1CC(=O)NC(N)=N1. The first-order valence-electron chi connectivity index (χ1n) is 4.85. The Bertz CT molecular complexity index is 426. The number of carbonyl (C=O) groups is 1. The Morgan fingerprint density at radius 3 is 2.87 bits per heavy atom. The van der Waals surface area contributed by atoms with Gasteiger partial charge < -0.3 is 5.73 Å². The van der Waals surface area contributed by atoms with Crippen molar-refractivity contribution in [1.29, 1.82) is 0 Å². The number of aliphatic imine (C=N–C) groups is 1. The minimum absolute atomic E-state index is 0.0734. The second-order valence-electron chi connectivity index (χ2n) is 3.64. The van der Waals surface area contributed by atoms with Crippen molar-refractivity contribution < 1.29 is 4.79 Å². The number of rotatable bonds is 1. The predicted molar refractivity (Wildman–Crippen MR) is 58.3 cm³/mol. The minimum atomic E-state index is -0.139. The fourth-order valence-electron chi connectivity index (χ4n) is 1.76. The fraction of sp³-hybridized carbons (Fsp3) is 0.273. The molecule has 0 saturated heterocycles. The molecule has 2 rings (SSSR count). The molecule has 0 bridgehead atoms. The van der Waals surface area contributed by atoms with Gasteiger partial charge in [0.15, 0.2) is 5.96 Å². The topological polar surface area (TPSA) is 67.5 Å². The second kappa shape index (κ2) is 3.73. The van der Waals surface area contributed by atoms with Gasteiger partial charge in [-0.15, -0.1) is 0 Å². The first-order chi connectivity index (χ1) is 7.16. The van der Waals surface area contributed by atoms with Gasteiger partial charge in [0.25, 0.3) is 0 Å². The highest BCUT2D eigenvalue weighted by atomic mass is 16.1. The molecule has 1 aliphatic heterocycles. The minimum Gasteiger partial charge on any atom is -0.370 e. The van der Waals surface area contributed by atoms with E-state index in [1.165, 1.54) is 0 Å². The average Bonchev–Trinajstić information content (AvgIpc) is 2.16. The van der Waals surface area contributed by atoms with Gasteiger partial charge in [-0.05, 0) is 18.1 Å². The monoisotopic (exact) mass is 203 g/mol. The Balaban J connectivity index is 2.36. The third kappa shape index (κ3) is 1.98. The molecule has 1 amide bonds. The van der Waals surface area contributed by atoms with E-state index in [-0.39, 0.29) is 17.9 Å². The maximum absolute atomic E-state index is 11.3. The van der Waals surface area contributed by atoms with Gasteiger partial charge in [0.05, 0.1) is 12.5 Å². The predicted octanol–water partition coefficient (Wildman–Crippen LogP) is 0.871. The van der Waals surface area contributed by atoms with Gasteiger partial charge in [-0.2, -0.15) is 0 Å². The summed E-state index contributed by atoms with van der Waals surface area (Å²) in [7, 11) is 0. The molecule has 1 aromatic rings. The summed E-state index contributed by atoms with van der Waals surface area (Å²) in [5.74, 6) is 0.134. The quantitative estimate of drug-likeness (QED) is 0.711. The standard InChI is InChI=1S/C11H13N3O/c1-7-4-2-3-5-8(7)9-6-10(15)14-11(12)13-9/h2-5,9H,6H2,1H3,(H3,12,13,14,15). The van der Waals surface area contributed by atoms with Crippen LogP contribution in [0.25, 0.3) is 0 Å². The van der Waals surface area contributed by atoms with E-state index in [1.807, 2.05) is 31.2 Å². The highest BCUT2D eigenvalue weighted by molar-refractivity contribution is 5.98. The van der Waals surface area contributed by atoms with E-state index < -0.39 is 0 Å². The molecule has 4 nitrogen and oxygen atoms in total. The lowest BCUT2D eigenvalue weighted by molar-refractivity contribution is -0.120. The van der Waals surface area contributed by atoms with Crippen LogP contribution in [0.4, 0.5) is 0 Å². The highest BCUT2D eigenvalue weighted by Crippen LogP contribution is 2.25. The van der Waals surface area contributed by atoms with Crippen LogP contribution in [0.5, 0.6) is 0 Å². The molecule has 0 spiro atoms. The van der Waals surface area contributed by atoms with Crippen molar-refractivity contribution in [2.24, 2.45) is 10.7 Å². The van der Waals surface area contributed by atoms with Crippen LogP contribution >= 0.6 is 0 Å². The van der Waals surface area contributed by atoms with Gasteiger partial charge in [-0.25, -0.2) is 4.99 Å². The van der Waals surface area contributed by atoms with Crippen molar-refractivity contribution >= 4 is 11.9 Å². The van der Waals surface area contributed by atoms with Crippen molar-refractivity contribution in [3.05, 3.63) is 35.4 Å². The number of nitrogens with two attached hydrogens (primary N) is 1. The largest absolute Gasteiger partial charge is 0.370 e. The van der Waals surface area contributed by atoms with Crippen molar-refractivity contribution in [1.82, 2.24) is 5.32 Å². The molecule has 0 fully saturated rings. The molecule has 1 aromatic carbocycles. The Labute approximate surface area is 88.2 Å². The number of carbonyl (C=O) groups excluding carboxylic acids is 1. The molecular weight excluding hydrogens is 190 g/mol. The summed E-state index contributed by atoms with van der Waals surface area (Å²) in [5.41, 5.74) is 7.72. The molecule has 1 aliphatic rings. The van der Waals surface area contributed by atoms with Crippen LogP contribution in [0.1, 0.15) is 23.6 Å². The van der Waals surface area contributed by atoms with Crippen LogP contribution in [-0.2, 0) is 4.79 Å². The smallest absolute Gasteiger partial charge is 0.229 e. The second-order valence-corrected chi connectivity index (χ2v) is 3.64. The number of nitrogens with one attached hydrogen (secondary N) is 1. The van der Waals surface area contributed by atoms with E-state index in [1.54, 1.807) is 0 Å². The Morgan fingerprint density at radius 2 is 2.20 bits per heavy atom. The number of guanidine groups is 1. The van der Waals surface area contributed by atoms with Crippen molar-refractivity contribution in [2.75, 3.05) is 0 Å². The summed E-state index contributed by atoms with van der Waals surface area (Å²) in [5, 5.41) is 2.49. The molecule has 1 heterocycles. The third-order valence-electron chi connectivity index (χ3n) is 2.49. The van der Waals surface area contributed by atoms with Crippen molar-refractivity contribution in [3.8, 4) is 0 Å². The molecule has 78 valence electrons. The fourth-order valence-corrected chi connectivity index (χ4v) is 1.76. The maximum atomic E-state index is 11.3. The Hall–Kier alpha value is -1.84. The Kier molecular flexibility index (Phi) is 2.41. The van der Waals surface area contributed by atoms with Crippen molar-refractivity contribution in [2.45, 2.75) is 19.4 Å². The van der Waals surface area contributed by atoms with E-state index in [4.69, 9.17) is 5.73 Å². The van der Waals surface area contributed by atoms with Crippen LogP contribution in [0.2, 0.25) is 0 Å². The molecule has 0 aromatic heterocycles. The number of nitrogens with zero attached hydrogens (tertiary/aromatic N) is 1. The van der Waals surface area contributed by atoms with E-state index >= 15 is 0 Å². The molecule has 0 saturated carbocycles. The van der Waals surface area contributed by atoms with E-state index in [9.17, 15) is 4.79 Å². The average molecular weight is 203 g/mol. The van der Waals surface area contributed by atoms with Crippen molar-refractivity contribution in [3.63, 3.8) is 0 Å². The van der Waals surface area contributed by atoms with Gasteiger partial charge in [0, 0.05) is 0 Å². The normalized spacial score (nSPS) is 20.7. The van der Waals surface area contributed by atoms with E-state index in [2.05, 4.69) is 10.3 Å². The number of hydrogen-bond acceptors (Lipinski definition) is 3. The van der Waals surface area contributed by atoms with E-state index in [0.717, 1.165) is 11.1 Å². The Morgan fingerprint density at radius 1 is 1.47 bits per heavy atom. The van der Waals surface area contributed by atoms with Crippen LogP contribution < -0.4 is 11.1 Å². The number of hydrogen-bond donors (Lipinski definition) is 2. The summed E-state index contributed by atoms with van der Waals surface area (Å²) >= 11 is 0. The highest BCUT2D eigenvalue weighted by Gasteiger charge is 2.21. The van der Waals surface area contributed by atoms with Gasteiger partial charge in [-0.1, -0.05) is 24.3 Å². The van der Waals surface area contributed by atoms with Gasteiger partial charge in [0.1, 0.15) is 0 Å². The summed E-state index contributed by atoms with van der Waals surface area (Å²) < 4.78 is 0. The zero-order valence-electron chi connectivity index (χ0n) is 8.53. The van der Waals surface area contributed by atoms with E-state index in [0.29, 0.717) is 6.42 Å². The number of aryl methyl sites for hydroxylation is 1. The summed E-state index contributed by atoms with van der Waals surface area (Å²) in [6.07, 6.45) is 0.367. The molecular formula is C11H13N3O. The first kappa shape index (κ1) is 9.71. The third-order valence-corrected chi connectivity index (χ3v) is 2.49. The maximum Gasteiger partial charge on any atom is 0.229 e. The lowest BCUT2D eigenvalue weighted by atomic mass is 9.98. The van der Waals surface area contributed by atoms with Gasteiger partial charge in [-0.3, -0.25) is 10.1 Å². The van der Waals surface area contributed by atoms with Gasteiger partial charge >= 0.3 is 0 Å². The van der Waals surface area contributed by atoms with Crippen LogP contribution in [-0.4, -0.2) is 11.9 Å². The molecule has 3 N–H and O–H groups in total. The molecule has 4 heteroatoms. The number of amides is 1. The van der Waals surface area contributed by atoms with Crippen LogP contribution in [0.3, 0.4) is 0 Å². The molecule has 0 aliphatic carbocycles. The molecule has 0 radical (unpaired) electrons. The summed E-state index contributed by atoms with van der Waals surface area (Å²) in [4.78, 5) is 15.5.